The van der Waals surface area contributed by atoms with Crippen molar-refractivity contribution in [3.05, 3.63) is 137 Å². The highest BCUT2D eigenvalue weighted by Crippen LogP contribution is 2.58. The smallest absolute Gasteiger partial charge is 0.178 e. The van der Waals surface area contributed by atoms with Crippen LogP contribution in [0.3, 0.4) is 0 Å². The van der Waals surface area contributed by atoms with E-state index in [2.05, 4.69) is 53.5 Å². The Morgan fingerprint density at radius 2 is 1.42 bits per heavy atom. The second kappa shape index (κ2) is 9.51. The molecular weight excluding hydrogens is 540 g/mol. The zero-order valence-corrected chi connectivity index (χ0v) is 24.2. The van der Waals surface area contributed by atoms with E-state index in [0.717, 1.165) is 82.4 Å². The number of ether oxygens (including phenoxy) is 2. The van der Waals surface area contributed by atoms with E-state index in [9.17, 15) is 4.39 Å². The van der Waals surface area contributed by atoms with Crippen molar-refractivity contribution in [1.82, 2.24) is 0 Å². The lowest BCUT2D eigenvalue weighted by Gasteiger charge is -2.38. The standard InChI is InChI=1S/C38H31F2NO2/c1-37(2)34-31(22-26(39)23-32(34)40)33-28-10-6-7-11-29(28)36-30(35(33)37)16-17-38(43-36,24-8-4-3-5-9-24)25-12-14-27(15-13-25)41-18-20-42-21-19-41/h3-17,22-23H,18-21H2,1-2H3. The van der Waals surface area contributed by atoms with Crippen LogP contribution in [0.4, 0.5) is 14.5 Å². The molecule has 0 aromatic heterocycles. The minimum atomic E-state index is -0.887. The van der Waals surface area contributed by atoms with Crippen molar-refractivity contribution in [2.24, 2.45) is 0 Å². The van der Waals surface area contributed by atoms with Gasteiger partial charge in [0.15, 0.2) is 5.60 Å². The van der Waals surface area contributed by atoms with Gasteiger partial charge in [0.2, 0.25) is 0 Å². The molecule has 5 aromatic rings. The van der Waals surface area contributed by atoms with Gasteiger partial charge in [-0.1, -0.05) is 86.7 Å². The molecule has 0 saturated carbocycles. The summed E-state index contributed by atoms with van der Waals surface area (Å²) in [7, 11) is 0. The number of fused-ring (bicyclic) bond motifs is 8. The van der Waals surface area contributed by atoms with Gasteiger partial charge in [-0.25, -0.2) is 8.78 Å². The van der Waals surface area contributed by atoms with Crippen molar-refractivity contribution < 1.29 is 18.3 Å². The van der Waals surface area contributed by atoms with Crippen molar-refractivity contribution in [3.63, 3.8) is 0 Å². The molecule has 0 amide bonds. The molecule has 1 unspecified atom stereocenters. The van der Waals surface area contributed by atoms with Gasteiger partial charge in [-0.05, 0) is 46.4 Å². The Balaban J connectivity index is 1.36. The Kier molecular flexibility index (Phi) is 5.79. The van der Waals surface area contributed by atoms with Crippen LogP contribution in [0.15, 0.2) is 97.1 Å². The fourth-order valence-corrected chi connectivity index (χ4v) is 7.46. The number of nitrogens with zero attached hydrogens (tertiary/aromatic N) is 1. The molecule has 0 spiro atoms. The van der Waals surface area contributed by atoms with E-state index in [1.165, 1.54) is 6.07 Å². The topological polar surface area (TPSA) is 21.7 Å². The van der Waals surface area contributed by atoms with Crippen LogP contribution in [0.1, 0.15) is 41.7 Å². The molecule has 8 rings (SSSR count). The summed E-state index contributed by atoms with van der Waals surface area (Å²) >= 11 is 0. The number of hydrogen-bond acceptors (Lipinski definition) is 3. The van der Waals surface area contributed by atoms with Crippen LogP contribution in [0, 0.1) is 11.6 Å². The minimum absolute atomic E-state index is 0.520. The minimum Gasteiger partial charge on any atom is -0.472 e. The van der Waals surface area contributed by atoms with E-state index in [0.29, 0.717) is 11.1 Å². The van der Waals surface area contributed by atoms with Gasteiger partial charge in [0, 0.05) is 57.9 Å². The number of benzene rings is 5. The quantitative estimate of drug-likeness (QED) is 0.216. The van der Waals surface area contributed by atoms with Crippen molar-refractivity contribution in [2.45, 2.75) is 24.9 Å². The molecule has 5 aromatic carbocycles. The maximum Gasteiger partial charge on any atom is 0.178 e. The van der Waals surface area contributed by atoms with E-state index in [-0.39, 0.29) is 0 Å². The molecule has 5 heteroatoms. The normalized spacial score (nSPS) is 20.0. The van der Waals surface area contributed by atoms with Crippen LogP contribution in [0.5, 0.6) is 5.75 Å². The molecule has 0 radical (unpaired) electrons. The second-order valence-corrected chi connectivity index (χ2v) is 12.2. The summed E-state index contributed by atoms with van der Waals surface area (Å²) in [4.78, 5) is 2.34. The highest BCUT2D eigenvalue weighted by Gasteiger charge is 2.45. The summed E-state index contributed by atoms with van der Waals surface area (Å²) < 4.78 is 42.9. The van der Waals surface area contributed by atoms with Gasteiger partial charge >= 0.3 is 0 Å². The number of hydrogen-bond donors (Lipinski definition) is 0. The Hall–Kier alpha value is -4.48. The Bertz CT molecular complexity index is 1920. The monoisotopic (exact) mass is 571 g/mol. The summed E-state index contributed by atoms with van der Waals surface area (Å²) in [5.74, 6) is -0.342. The molecular formula is C38H31F2NO2. The molecule has 3 aliphatic rings. The summed E-state index contributed by atoms with van der Waals surface area (Å²) in [6.07, 6.45) is 4.26. The molecule has 1 fully saturated rings. The van der Waals surface area contributed by atoms with Gasteiger partial charge in [0.25, 0.3) is 0 Å². The van der Waals surface area contributed by atoms with Crippen LogP contribution in [-0.4, -0.2) is 26.3 Å². The molecule has 0 bridgehead atoms. The maximum absolute atomic E-state index is 15.5. The van der Waals surface area contributed by atoms with Crippen molar-refractivity contribution in [1.29, 1.82) is 0 Å². The van der Waals surface area contributed by atoms with Crippen molar-refractivity contribution in [3.8, 4) is 16.9 Å². The van der Waals surface area contributed by atoms with Gasteiger partial charge in [-0.2, -0.15) is 0 Å². The molecule has 0 N–H and O–H groups in total. The third kappa shape index (κ3) is 3.81. The van der Waals surface area contributed by atoms with E-state index in [4.69, 9.17) is 9.47 Å². The van der Waals surface area contributed by atoms with Gasteiger partial charge in [-0.15, -0.1) is 0 Å². The van der Waals surface area contributed by atoms with Crippen molar-refractivity contribution in [2.75, 3.05) is 31.2 Å². The first-order chi connectivity index (χ1) is 20.9. The Morgan fingerprint density at radius 3 is 2.16 bits per heavy atom. The predicted octanol–water partition coefficient (Wildman–Crippen LogP) is 8.61. The largest absolute Gasteiger partial charge is 0.472 e. The molecule has 2 aliphatic heterocycles. The van der Waals surface area contributed by atoms with E-state index in [1.54, 1.807) is 0 Å². The van der Waals surface area contributed by atoms with Gasteiger partial charge in [0.05, 0.1) is 13.2 Å². The first-order valence-electron chi connectivity index (χ1n) is 14.8. The van der Waals surface area contributed by atoms with Gasteiger partial charge in [0.1, 0.15) is 17.4 Å². The fraction of sp³-hybridized carbons (Fsp3) is 0.211. The van der Waals surface area contributed by atoms with Crippen LogP contribution in [0.25, 0.3) is 28.0 Å². The summed E-state index contributed by atoms with van der Waals surface area (Å²) in [5, 5.41) is 1.84. The molecule has 1 saturated heterocycles. The van der Waals surface area contributed by atoms with Crippen LogP contribution in [-0.2, 0) is 15.8 Å². The Labute approximate surface area is 250 Å². The van der Waals surface area contributed by atoms with E-state index >= 15 is 4.39 Å². The SMILES string of the molecule is CC1(C)c2c(F)cc(F)cc2-c2c1c1c(c3ccccc23)OC(c2ccccc2)(c2ccc(N3CCOCC3)cc2)C=C1. The fourth-order valence-electron chi connectivity index (χ4n) is 7.46. The molecule has 2 heterocycles. The van der Waals surface area contributed by atoms with Crippen LogP contribution < -0.4 is 9.64 Å². The summed E-state index contributed by atoms with van der Waals surface area (Å²) in [6, 6.07) is 29.4. The number of anilines is 1. The first-order valence-corrected chi connectivity index (χ1v) is 14.8. The van der Waals surface area contributed by atoms with E-state index < -0.39 is 22.7 Å². The lowest BCUT2D eigenvalue weighted by atomic mass is 9.76. The van der Waals surface area contributed by atoms with Gasteiger partial charge in [-0.3, -0.25) is 0 Å². The average Bonchev–Trinajstić information content (AvgIpc) is 3.28. The lowest BCUT2D eigenvalue weighted by molar-refractivity contribution is 0.122. The number of rotatable bonds is 3. The average molecular weight is 572 g/mol. The van der Waals surface area contributed by atoms with Crippen LogP contribution >= 0.6 is 0 Å². The number of halogens is 2. The lowest BCUT2D eigenvalue weighted by Crippen LogP contribution is -2.37. The zero-order valence-electron chi connectivity index (χ0n) is 24.2. The second-order valence-electron chi connectivity index (χ2n) is 12.2. The molecule has 43 heavy (non-hydrogen) atoms. The maximum atomic E-state index is 15.5. The van der Waals surface area contributed by atoms with Crippen molar-refractivity contribution >= 4 is 22.5 Å². The van der Waals surface area contributed by atoms with E-state index in [1.807, 2.05) is 56.3 Å². The first kappa shape index (κ1) is 26.2. The number of morpholine rings is 1. The molecule has 1 atom stereocenters. The molecule has 1 aliphatic carbocycles. The Morgan fingerprint density at radius 1 is 0.744 bits per heavy atom. The third-order valence-corrected chi connectivity index (χ3v) is 9.40. The van der Waals surface area contributed by atoms with Crippen LogP contribution in [0.2, 0.25) is 0 Å². The summed E-state index contributed by atoms with van der Waals surface area (Å²) in [6.45, 7) is 7.23. The molecule has 214 valence electrons. The zero-order chi connectivity index (χ0) is 29.3. The highest BCUT2D eigenvalue weighted by molar-refractivity contribution is 6.08. The predicted molar refractivity (Wildman–Crippen MR) is 168 cm³/mol. The summed E-state index contributed by atoms with van der Waals surface area (Å²) in [5.41, 5.74) is 5.48. The third-order valence-electron chi connectivity index (χ3n) is 9.40. The molecule has 3 nitrogen and oxygen atoms in total. The highest BCUT2D eigenvalue weighted by atomic mass is 19.1. The van der Waals surface area contributed by atoms with Gasteiger partial charge < -0.3 is 14.4 Å².